The average molecular weight is 394 g/mol. The smallest absolute Gasteiger partial charge is 0.233 e. The van der Waals surface area contributed by atoms with Gasteiger partial charge in [0.25, 0.3) is 0 Å². The van der Waals surface area contributed by atoms with Crippen molar-refractivity contribution in [1.29, 1.82) is 0 Å². The molecule has 0 radical (unpaired) electrons. The fourth-order valence-electron chi connectivity index (χ4n) is 3.09. The van der Waals surface area contributed by atoms with E-state index in [1.165, 1.54) is 11.1 Å². The van der Waals surface area contributed by atoms with Crippen molar-refractivity contribution in [2.45, 2.75) is 44.9 Å². The molecule has 5 heteroatoms. The van der Waals surface area contributed by atoms with Crippen molar-refractivity contribution in [3.63, 3.8) is 0 Å². The third-order valence-corrected chi connectivity index (χ3v) is 6.07. The van der Waals surface area contributed by atoms with E-state index in [9.17, 15) is 4.79 Å². The van der Waals surface area contributed by atoms with Crippen LogP contribution in [0.2, 0.25) is 0 Å². The summed E-state index contributed by atoms with van der Waals surface area (Å²) in [6, 6.07) is 20.5. The van der Waals surface area contributed by atoms with Crippen LogP contribution in [-0.4, -0.2) is 20.9 Å². The van der Waals surface area contributed by atoms with Crippen LogP contribution in [0.4, 0.5) is 0 Å². The van der Waals surface area contributed by atoms with E-state index in [4.69, 9.17) is 0 Å². The van der Waals surface area contributed by atoms with E-state index in [2.05, 4.69) is 41.6 Å². The molecular weight excluding hydrogens is 366 g/mol. The second-order valence-corrected chi connectivity index (χ2v) is 8.28. The molecule has 0 spiro atoms. The molecule has 0 aliphatic heterocycles. The van der Waals surface area contributed by atoms with Gasteiger partial charge in [-0.25, -0.2) is 0 Å². The van der Waals surface area contributed by atoms with Crippen molar-refractivity contribution >= 4 is 17.7 Å². The number of carbonyl (C=O) groups excluding carboxylic acids is 1. The Morgan fingerprint density at radius 3 is 2.29 bits per heavy atom. The molecule has 0 bridgehead atoms. The molecule has 4 nitrogen and oxygen atoms in total. The molecule has 1 heterocycles. The van der Waals surface area contributed by atoms with Gasteiger partial charge in [-0.3, -0.25) is 9.48 Å². The number of hydrogen-bond acceptors (Lipinski definition) is 3. The number of nitrogens with zero attached hydrogens (tertiary/aromatic N) is 2. The second-order valence-electron chi connectivity index (χ2n) is 6.95. The number of rotatable bonds is 8. The summed E-state index contributed by atoms with van der Waals surface area (Å²) >= 11 is 1.66. The number of nitrogens with one attached hydrogen (secondary N) is 1. The van der Waals surface area contributed by atoms with Gasteiger partial charge in [-0.2, -0.15) is 5.10 Å². The summed E-state index contributed by atoms with van der Waals surface area (Å²) < 4.78 is 2.01. The minimum atomic E-state index is -0.0971. The van der Waals surface area contributed by atoms with Gasteiger partial charge in [0.2, 0.25) is 5.91 Å². The molecule has 0 fully saturated rings. The predicted octanol–water partition coefficient (Wildman–Crippen LogP) is 4.49. The van der Waals surface area contributed by atoms with E-state index < -0.39 is 0 Å². The molecule has 28 heavy (non-hydrogen) atoms. The lowest BCUT2D eigenvalue weighted by Crippen LogP contribution is -2.30. The van der Waals surface area contributed by atoms with Gasteiger partial charge >= 0.3 is 0 Å². The van der Waals surface area contributed by atoms with Crippen LogP contribution in [-0.2, 0) is 23.6 Å². The monoisotopic (exact) mass is 393 g/mol. The predicted molar refractivity (Wildman–Crippen MR) is 116 cm³/mol. The van der Waals surface area contributed by atoms with Crippen molar-refractivity contribution in [2.75, 3.05) is 0 Å². The molecule has 0 saturated carbocycles. The molecule has 0 aliphatic rings. The Morgan fingerprint density at radius 1 is 1.04 bits per heavy atom. The van der Waals surface area contributed by atoms with E-state index in [1.807, 2.05) is 54.9 Å². The summed E-state index contributed by atoms with van der Waals surface area (Å²) in [5.74, 6) is 0.901. The maximum absolute atomic E-state index is 12.5. The second kappa shape index (κ2) is 9.60. The SMILES string of the molecule is Cc1nn(Cc2ccccc2)c(C)c1CNC(=O)C(C)SCc1ccccc1. The molecule has 3 aromatic rings. The molecule has 146 valence electrons. The van der Waals surface area contributed by atoms with Gasteiger partial charge in [-0.15, -0.1) is 11.8 Å². The minimum absolute atomic E-state index is 0.0653. The quantitative estimate of drug-likeness (QED) is 0.613. The van der Waals surface area contributed by atoms with Crippen molar-refractivity contribution in [3.05, 3.63) is 88.7 Å². The molecule has 1 amide bonds. The first-order chi connectivity index (χ1) is 13.5. The van der Waals surface area contributed by atoms with Crippen molar-refractivity contribution in [2.24, 2.45) is 0 Å². The lowest BCUT2D eigenvalue weighted by Gasteiger charge is -2.12. The van der Waals surface area contributed by atoms with Crippen LogP contribution in [0.3, 0.4) is 0 Å². The van der Waals surface area contributed by atoms with Gasteiger partial charge in [0.1, 0.15) is 0 Å². The summed E-state index contributed by atoms with van der Waals surface area (Å²) in [5, 5.41) is 7.65. The highest BCUT2D eigenvalue weighted by Crippen LogP contribution is 2.19. The van der Waals surface area contributed by atoms with Crippen molar-refractivity contribution in [3.8, 4) is 0 Å². The van der Waals surface area contributed by atoms with Crippen LogP contribution in [0.5, 0.6) is 0 Å². The van der Waals surface area contributed by atoms with E-state index in [0.29, 0.717) is 6.54 Å². The molecule has 1 aromatic heterocycles. The van der Waals surface area contributed by atoms with Gasteiger partial charge in [0.05, 0.1) is 17.5 Å². The van der Waals surface area contributed by atoms with E-state index in [1.54, 1.807) is 11.8 Å². The Morgan fingerprint density at radius 2 is 1.64 bits per heavy atom. The lowest BCUT2D eigenvalue weighted by atomic mass is 10.2. The topological polar surface area (TPSA) is 46.9 Å². The fraction of sp³-hybridized carbons (Fsp3) is 0.304. The first kappa shape index (κ1) is 20.2. The van der Waals surface area contributed by atoms with Crippen LogP contribution in [0.1, 0.15) is 35.0 Å². The van der Waals surface area contributed by atoms with Gasteiger partial charge < -0.3 is 5.32 Å². The molecule has 3 rings (SSSR count). The zero-order chi connectivity index (χ0) is 19.9. The zero-order valence-corrected chi connectivity index (χ0v) is 17.5. The van der Waals surface area contributed by atoms with E-state index >= 15 is 0 Å². The van der Waals surface area contributed by atoms with Gasteiger partial charge in [-0.1, -0.05) is 60.7 Å². The summed E-state index contributed by atoms with van der Waals surface area (Å²) in [7, 11) is 0. The highest BCUT2D eigenvalue weighted by Gasteiger charge is 2.16. The van der Waals surface area contributed by atoms with Gasteiger partial charge in [-0.05, 0) is 31.9 Å². The summed E-state index contributed by atoms with van der Waals surface area (Å²) in [6.07, 6.45) is 0. The number of hydrogen-bond donors (Lipinski definition) is 1. The number of amides is 1. The van der Waals surface area contributed by atoms with Crippen molar-refractivity contribution < 1.29 is 4.79 Å². The first-order valence-electron chi connectivity index (χ1n) is 9.54. The zero-order valence-electron chi connectivity index (χ0n) is 16.7. The number of thioether (sulfide) groups is 1. The van der Waals surface area contributed by atoms with E-state index in [0.717, 1.165) is 29.2 Å². The van der Waals surface area contributed by atoms with Crippen LogP contribution in [0.25, 0.3) is 0 Å². The number of aromatic nitrogens is 2. The summed E-state index contributed by atoms with van der Waals surface area (Å²) in [4.78, 5) is 12.5. The summed E-state index contributed by atoms with van der Waals surface area (Å²) in [6.45, 7) is 7.29. The van der Waals surface area contributed by atoms with Gasteiger partial charge in [0, 0.05) is 23.6 Å². The molecule has 1 atom stereocenters. The Hall–Kier alpha value is -2.53. The molecular formula is C23H27N3OS. The molecule has 1 N–H and O–H groups in total. The fourth-order valence-corrected chi connectivity index (χ4v) is 3.96. The Balaban J connectivity index is 1.55. The maximum Gasteiger partial charge on any atom is 0.233 e. The lowest BCUT2D eigenvalue weighted by molar-refractivity contribution is -0.120. The first-order valence-corrected chi connectivity index (χ1v) is 10.6. The number of benzene rings is 2. The summed E-state index contributed by atoms with van der Waals surface area (Å²) in [5.41, 5.74) is 5.63. The highest BCUT2D eigenvalue weighted by atomic mass is 32.2. The van der Waals surface area contributed by atoms with Crippen LogP contribution >= 0.6 is 11.8 Å². The third-order valence-electron chi connectivity index (χ3n) is 4.86. The van der Waals surface area contributed by atoms with Crippen molar-refractivity contribution in [1.82, 2.24) is 15.1 Å². The van der Waals surface area contributed by atoms with Crippen LogP contribution in [0, 0.1) is 13.8 Å². The third kappa shape index (κ3) is 5.26. The number of carbonyl (C=O) groups is 1. The normalized spacial score (nSPS) is 12.0. The van der Waals surface area contributed by atoms with E-state index in [-0.39, 0.29) is 11.2 Å². The Bertz CT molecular complexity index is 906. The average Bonchev–Trinajstić information content (AvgIpc) is 2.98. The molecule has 2 aromatic carbocycles. The van der Waals surface area contributed by atoms with Gasteiger partial charge in [0.15, 0.2) is 0 Å². The Kier molecular flexibility index (Phi) is 6.93. The largest absolute Gasteiger partial charge is 0.351 e. The minimum Gasteiger partial charge on any atom is -0.351 e. The molecule has 0 saturated heterocycles. The number of aryl methyl sites for hydroxylation is 1. The molecule has 1 unspecified atom stereocenters. The molecule has 0 aliphatic carbocycles. The maximum atomic E-state index is 12.5. The highest BCUT2D eigenvalue weighted by molar-refractivity contribution is 7.99. The Labute approximate surface area is 171 Å². The standard InChI is InChI=1S/C23H27N3OS/c1-17-22(18(2)26(25-17)15-20-10-6-4-7-11-20)14-24-23(27)19(3)28-16-21-12-8-5-9-13-21/h4-13,19H,14-16H2,1-3H3,(H,24,27). The van der Waals surface area contributed by atoms with Crippen LogP contribution in [0.15, 0.2) is 60.7 Å². The van der Waals surface area contributed by atoms with Crippen LogP contribution < -0.4 is 5.32 Å².